The minimum Gasteiger partial charge on any atom is -0.327 e. The van der Waals surface area contributed by atoms with Crippen LogP contribution in [0.25, 0.3) is 0 Å². The summed E-state index contributed by atoms with van der Waals surface area (Å²) >= 11 is 0. The third-order valence-corrected chi connectivity index (χ3v) is 5.62. The van der Waals surface area contributed by atoms with Crippen LogP contribution in [0.1, 0.15) is 28.8 Å². The molecule has 0 spiro atoms. The van der Waals surface area contributed by atoms with Crippen molar-refractivity contribution in [2.75, 3.05) is 26.2 Å². The van der Waals surface area contributed by atoms with Crippen molar-refractivity contribution in [3.05, 3.63) is 102 Å². The number of piperazine rings is 1. The molecule has 1 atom stereocenters. The first kappa shape index (κ1) is 20.6. The molecule has 4 rings (SSSR count). The van der Waals surface area contributed by atoms with Crippen LogP contribution in [0.3, 0.4) is 0 Å². The van der Waals surface area contributed by atoms with E-state index < -0.39 is 0 Å². The number of urea groups is 1. The molecule has 1 unspecified atom stereocenters. The summed E-state index contributed by atoms with van der Waals surface area (Å²) in [6.07, 6.45) is 3.44. The Hall–Kier alpha value is -3.69. The SMILES string of the molecule is N#CC(c1cccnc1)N1CCN(C(=O)NC(c2ccccc2)c2ccccc2)CC1. The van der Waals surface area contributed by atoms with E-state index in [0.29, 0.717) is 26.2 Å². The zero-order chi connectivity index (χ0) is 21.5. The first-order valence-corrected chi connectivity index (χ1v) is 10.4. The summed E-state index contributed by atoms with van der Waals surface area (Å²) < 4.78 is 0. The van der Waals surface area contributed by atoms with Gasteiger partial charge in [-0.05, 0) is 17.2 Å². The highest BCUT2D eigenvalue weighted by molar-refractivity contribution is 5.75. The number of nitrogens with one attached hydrogen (secondary N) is 1. The Labute approximate surface area is 182 Å². The Balaban J connectivity index is 1.42. The fraction of sp³-hybridized carbons (Fsp3) is 0.240. The Bertz CT molecular complexity index is 973. The number of rotatable bonds is 5. The maximum Gasteiger partial charge on any atom is 0.318 e. The number of carbonyl (C=O) groups is 1. The smallest absolute Gasteiger partial charge is 0.318 e. The third kappa shape index (κ3) is 4.90. The maximum absolute atomic E-state index is 13.1. The number of nitrogens with zero attached hydrogens (tertiary/aromatic N) is 4. The summed E-state index contributed by atoms with van der Waals surface area (Å²) in [6, 6.07) is 25.5. The number of aromatic nitrogens is 1. The van der Waals surface area contributed by atoms with Gasteiger partial charge in [-0.3, -0.25) is 9.88 Å². The minimum atomic E-state index is -0.347. The van der Waals surface area contributed by atoms with Crippen molar-refractivity contribution in [1.29, 1.82) is 5.26 Å². The number of nitriles is 1. The molecule has 2 aromatic carbocycles. The summed E-state index contributed by atoms with van der Waals surface area (Å²) in [5, 5.41) is 12.9. The lowest BCUT2D eigenvalue weighted by Gasteiger charge is -2.37. The number of hydrogen-bond donors (Lipinski definition) is 1. The van der Waals surface area contributed by atoms with Gasteiger partial charge in [-0.25, -0.2) is 4.79 Å². The highest BCUT2D eigenvalue weighted by Gasteiger charge is 2.28. The first-order valence-electron chi connectivity index (χ1n) is 10.4. The van der Waals surface area contributed by atoms with E-state index in [2.05, 4.69) is 21.3 Å². The second kappa shape index (κ2) is 9.88. The molecular weight excluding hydrogens is 386 g/mol. The lowest BCUT2D eigenvalue weighted by molar-refractivity contribution is 0.123. The molecule has 6 nitrogen and oxygen atoms in total. The molecule has 31 heavy (non-hydrogen) atoms. The Kier molecular flexibility index (Phi) is 6.56. The van der Waals surface area contributed by atoms with E-state index in [1.54, 1.807) is 12.4 Å². The van der Waals surface area contributed by atoms with Gasteiger partial charge < -0.3 is 10.2 Å². The molecule has 1 N–H and O–H groups in total. The fourth-order valence-corrected chi connectivity index (χ4v) is 3.95. The predicted octanol–water partition coefficient (Wildman–Crippen LogP) is 3.76. The number of carbonyl (C=O) groups excluding carboxylic acids is 1. The molecule has 0 bridgehead atoms. The number of amides is 2. The molecule has 6 heteroatoms. The van der Waals surface area contributed by atoms with Crippen molar-refractivity contribution in [2.24, 2.45) is 0 Å². The topological polar surface area (TPSA) is 72.3 Å². The largest absolute Gasteiger partial charge is 0.327 e. The van der Waals surface area contributed by atoms with E-state index >= 15 is 0 Å². The van der Waals surface area contributed by atoms with Crippen LogP contribution in [-0.2, 0) is 0 Å². The van der Waals surface area contributed by atoms with Crippen LogP contribution in [0, 0.1) is 11.3 Å². The molecule has 156 valence electrons. The second-order valence-corrected chi connectivity index (χ2v) is 7.54. The van der Waals surface area contributed by atoms with Gasteiger partial charge in [0.25, 0.3) is 0 Å². The van der Waals surface area contributed by atoms with E-state index in [0.717, 1.165) is 16.7 Å². The van der Waals surface area contributed by atoms with Crippen LogP contribution in [0.15, 0.2) is 85.2 Å². The summed E-state index contributed by atoms with van der Waals surface area (Å²) in [7, 11) is 0. The molecular formula is C25H25N5O. The van der Waals surface area contributed by atoms with Crippen molar-refractivity contribution in [3.63, 3.8) is 0 Å². The van der Waals surface area contributed by atoms with Crippen LogP contribution < -0.4 is 5.32 Å². The van der Waals surface area contributed by atoms with Crippen LogP contribution in [0.2, 0.25) is 0 Å². The molecule has 1 fully saturated rings. The maximum atomic E-state index is 13.1. The van der Waals surface area contributed by atoms with Crippen LogP contribution in [0.4, 0.5) is 4.79 Å². The number of pyridine rings is 1. The van der Waals surface area contributed by atoms with Gasteiger partial charge in [0.1, 0.15) is 6.04 Å². The van der Waals surface area contributed by atoms with E-state index in [9.17, 15) is 10.1 Å². The van der Waals surface area contributed by atoms with Crippen molar-refractivity contribution in [3.8, 4) is 6.07 Å². The van der Waals surface area contributed by atoms with Crippen molar-refractivity contribution >= 4 is 6.03 Å². The summed E-state index contributed by atoms with van der Waals surface area (Å²) in [4.78, 5) is 21.2. The van der Waals surface area contributed by atoms with E-state index in [4.69, 9.17) is 0 Å². The van der Waals surface area contributed by atoms with Crippen molar-refractivity contribution in [1.82, 2.24) is 20.1 Å². The molecule has 0 radical (unpaired) electrons. The molecule has 3 aromatic rings. The monoisotopic (exact) mass is 411 g/mol. The van der Waals surface area contributed by atoms with Crippen LogP contribution in [-0.4, -0.2) is 47.0 Å². The normalized spacial score (nSPS) is 15.3. The molecule has 2 heterocycles. The van der Waals surface area contributed by atoms with Gasteiger partial charge >= 0.3 is 6.03 Å². The summed E-state index contributed by atoms with van der Waals surface area (Å²) in [6.45, 7) is 2.42. The highest BCUT2D eigenvalue weighted by atomic mass is 16.2. The summed E-state index contributed by atoms with van der Waals surface area (Å²) in [5.41, 5.74) is 2.97. The standard InChI is InChI=1S/C25H25N5O/c26-18-23(22-12-7-13-27-19-22)29-14-16-30(17-15-29)25(31)28-24(20-8-3-1-4-9-20)21-10-5-2-6-11-21/h1-13,19,23-24H,14-17H2,(H,28,31). The van der Waals surface area contributed by atoms with Gasteiger partial charge in [0.15, 0.2) is 0 Å². The van der Waals surface area contributed by atoms with Gasteiger partial charge in [-0.15, -0.1) is 0 Å². The number of benzene rings is 2. The Morgan fingerprint density at radius 1 is 0.871 bits per heavy atom. The van der Waals surface area contributed by atoms with Crippen molar-refractivity contribution < 1.29 is 4.79 Å². The van der Waals surface area contributed by atoms with Crippen molar-refractivity contribution in [2.45, 2.75) is 12.1 Å². The van der Waals surface area contributed by atoms with Gasteiger partial charge in [0.05, 0.1) is 12.1 Å². The molecule has 0 saturated carbocycles. The van der Waals surface area contributed by atoms with Crippen LogP contribution >= 0.6 is 0 Å². The van der Waals surface area contributed by atoms with Gasteiger partial charge in [-0.1, -0.05) is 66.7 Å². The molecule has 1 saturated heterocycles. The summed E-state index contributed by atoms with van der Waals surface area (Å²) in [5.74, 6) is 0. The van der Waals surface area contributed by atoms with E-state index in [-0.39, 0.29) is 18.1 Å². The second-order valence-electron chi connectivity index (χ2n) is 7.54. The van der Waals surface area contributed by atoms with Gasteiger partial charge in [0, 0.05) is 44.1 Å². The quantitative estimate of drug-likeness (QED) is 0.694. The lowest BCUT2D eigenvalue weighted by atomic mass is 9.99. The number of hydrogen-bond acceptors (Lipinski definition) is 4. The Morgan fingerprint density at radius 2 is 1.45 bits per heavy atom. The molecule has 1 aromatic heterocycles. The molecule has 0 aliphatic carbocycles. The van der Waals surface area contributed by atoms with E-state index in [1.165, 1.54) is 0 Å². The lowest BCUT2D eigenvalue weighted by Crippen LogP contribution is -2.52. The first-order chi connectivity index (χ1) is 15.3. The highest BCUT2D eigenvalue weighted by Crippen LogP contribution is 2.23. The average molecular weight is 412 g/mol. The molecule has 1 aliphatic heterocycles. The van der Waals surface area contributed by atoms with Gasteiger partial charge in [-0.2, -0.15) is 5.26 Å². The third-order valence-electron chi connectivity index (χ3n) is 5.62. The predicted molar refractivity (Wildman–Crippen MR) is 119 cm³/mol. The zero-order valence-electron chi connectivity index (χ0n) is 17.3. The average Bonchev–Trinajstić information content (AvgIpc) is 2.85. The fourth-order valence-electron chi connectivity index (χ4n) is 3.95. The van der Waals surface area contributed by atoms with Gasteiger partial charge in [0.2, 0.25) is 0 Å². The van der Waals surface area contributed by atoms with Crippen LogP contribution in [0.5, 0.6) is 0 Å². The molecule has 2 amide bonds. The minimum absolute atomic E-state index is 0.0905. The zero-order valence-corrected chi connectivity index (χ0v) is 17.3. The Morgan fingerprint density at radius 3 is 1.97 bits per heavy atom. The molecule has 1 aliphatic rings. The van der Waals surface area contributed by atoms with E-state index in [1.807, 2.05) is 77.7 Å².